The number of para-hydroxylation sites is 1. The minimum atomic E-state index is -0.0638. The SMILES string of the molecule is CC1CCCN(C(=O)c2coc(-c3ccccc3N)n2)C1. The Labute approximate surface area is 123 Å². The Balaban J connectivity index is 1.82. The summed E-state index contributed by atoms with van der Waals surface area (Å²) in [5.41, 5.74) is 7.55. The van der Waals surface area contributed by atoms with Crippen LogP contribution in [0.2, 0.25) is 0 Å². The highest BCUT2D eigenvalue weighted by Gasteiger charge is 2.24. The van der Waals surface area contributed by atoms with Crippen LogP contribution in [-0.2, 0) is 0 Å². The van der Waals surface area contributed by atoms with E-state index in [1.165, 1.54) is 12.7 Å². The van der Waals surface area contributed by atoms with Gasteiger partial charge >= 0.3 is 0 Å². The number of carbonyl (C=O) groups is 1. The van der Waals surface area contributed by atoms with Gasteiger partial charge in [0.05, 0.1) is 5.56 Å². The van der Waals surface area contributed by atoms with Crippen LogP contribution in [0.25, 0.3) is 11.5 Å². The smallest absolute Gasteiger partial charge is 0.275 e. The van der Waals surface area contributed by atoms with E-state index in [2.05, 4.69) is 11.9 Å². The number of hydrogen-bond donors (Lipinski definition) is 1. The number of oxazole rings is 1. The molecule has 1 amide bonds. The first-order valence-electron chi connectivity index (χ1n) is 7.25. The molecule has 2 heterocycles. The monoisotopic (exact) mass is 285 g/mol. The first-order chi connectivity index (χ1) is 10.1. The number of rotatable bonds is 2. The number of carbonyl (C=O) groups excluding carboxylic acids is 1. The van der Waals surface area contributed by atoms with Crippen molar-refractivity contribution in [2.75, 3.05) is 18.8 Å². The van der Waals surface area contributed by atoms with Crippen molar-refractivity contribution in [3.63, 3.8) is 0 Å². The molecule has 1 aromatic heterocycles. The van der Waals surface area contributed by atoms with Gasteiger partial charge in [0, 0.05) is 18.8 Å². The van der Waals surface area contributed by atoms with Crippen LogP contribution in [-0.4, -0.2) is 28.9 Å². The number of benzene rings is 1. The summed E-state index contributed by atoms with van der Waals surface area (Å²) in [5.74, 6) is 0.867. The highest BCUT2D eigenvalue weighted by Crippen LogP contribution is 2.25. The molecule has 5 nitrogen and oxygen atoms in total. The predicted octanol–water partition coefficient (Wildman–Crippen LogP) is 2.80. The molecule has 0 radical (unpaired) electrons. The third kappa shape index (κ3) is 2.77. The van der Waals surface area contributed by atoms with Crippen molar-refractivity contribution in [1.82, 2.24) is 9.88 Å². The van der Waals surface area contributed by atoms with Gasteiger partial charge < -0.3 is 15.1 Å². The van der Waals surface area contributed by atoms with Gasteiger partial charge in [0.2, 0.25) is 5.89 Å². The van der Waals surface area contributed by atoms with E-state index < -0.39 is 0 Å². The number of anilines is 1. The Morgan fingerprint density at radius 3 is 3.00 bits per heavy atom. The van der Waals surface area contributed by atoms with Gasteiger partial charge in [0.15, 0.2) is 5.69 Å². The minimum Gasteiger partial charge on any atom is -0.444 e. The largest absolute Gasteiger partial charge is 0.444 e. The summed E-state index contributed by atoms with van der Waals surface area (Å²) in [6.07, 6.45) is 3.64. The van der Waals surface area contributed by atoms with Crippen molar-refractivity contribution in [3.05, 3.63) is 36.2 Å². The third-order valence-electron chi connectivity index (χ3n) is 3.86. The molecular weight excluding hydrogens is 266 g/mol. The van der Waals surface area contributed by atoms with Crippen molar-refractivity contribution in [2.45, 2.75) is 19.8 Å². The molecule has 110 valence electrons. The summed E-state index contributed by atoms with van der Waals surface area (Å²) in [6, 6.07) is 7.33. The van der Waals surface area contributed by atoms with E-state index in [0.29, 0.717) is 28.8 Å². The number of nitrogens with two attached hydrogens (primary N) is 1. The number of amides is 1. The molecule has 3 rings (SSSR count). The maximum Gasteiger partial charge on any atom is 0.275 e. The molecular formula is C16H19N3O2. The fourth-order valence-corrected chi connectivity index (χ4v) is 2.72. The Morgan fingerprint density at radius 2 is 2.24 bits per heavy atom. The Bertz CT molecular complexity index is 650. The van der Waals surface area contributed by atoms with E-state index in [0.717, 1.165) is 19.5 Å². The molecule has 0 saturated carbocycles. The molecule has 2 N–H and O–H groups in total. The summed E-state index contributed by atoms with van der Waals surface area (Å²) in [6.45, 7) is 3.74. The minimum absolute atomic E-state index is 0.0638. The Morgan fingerprint density at radius 1 is 1.43 bits per heavy atom. The Kier molecular flexibility index (Phi) is 3.64. The average molecular weight is 285 g/mol. The number of nitrogens with zero attached hydrogens (tertiary/aromatic N) is 2. The van der Waals surface area contributed by atoms with Crippen molar-refractivity contribution >= 4 is 11.6 Å². The van der Waals surface area contributed by atoms with Gasteiger partial charge in [-0.25, -0.2) is 4.98 Å². The fourth-order valence-electron chi connectivity index (χ4n) is 2.72. The van der Waals surface area contributed by atoms with Gasteiger partial charge in [-0.2, -0.15) is 0 Å². The number of likely N-dealkylation sites (tertiary alicyclic amines) is 1. The lowest BCUT2D eigenvalue weighted by atomic mass is 10.0. The second-order valence-corrected chi connectivity index (χ2v) is 5.62. The summed E-state index contributed by atoms with van der Waals surface area (Å²) in [7, 11) is 0. The van der Waals surface area contributed by atoms with Crippen LogP contribution in [0.3, 0.4) is 0 Å². The van der Waals surface area contributed by atoms with Crippen molar-refractivity contribution < 1.29 is 9.21 Å². The lowest BCUT2D eigenvalue weighted by molar-refractivity contribution is 0.0677. The molecule has 2 aromatic rings. The highest BCUT2D eigenvalue weighted by atomic mass is 16.3. The number of aromatic nitrogens is 1. The number of hydrogen-bond acceptors (Lipinski definition) is 4. The van der Waals surface area contributed by atoms with Gasteiger partial charge in [-0.1, -0.05) is 19.1 Å². The van der Waals surface area contributed by atoms with Crippen LogP contribution in [0.1, 0.15) is 30.3 Å². The van der Waals surface area contributed by atoms with Gasteiger partial charge in [-0.3, -0.25) is 4.79 Å². The van der Waals surface area contributed by atoms with Crippen molar-refractivity contribution in [3.8, 4) is 11.5 Å². The molecule has 1 aliphatic heterocycles. The van der Waals surface area contributed by atoms with E-state index in [1.807, 2.05) is 23.1 Å². The van der Waals surface area contributed by atoms with Crippen LogP contribution in [0.5, 0.6) is 0 Å². The first kappa shape index (κ1) is 13.7. The van der Waals surface area contributed by atoms with Crippen molar-refractivity contribution in [1.29, 1.82) is 0 Å². The van der Waals surface area contributed by atoms with Crippen LogP contribution in [0.15, 0.2) is 34.9 Å². The molecule has 0 bridgehead atoms. The second kappa shape index (κ2) is 5.60. The summed E-state index contributed by atoms with van der Waals surface area (Å²) >= 11 is 0. The van der Waals surface area contributed by atoms with Crippen LogP contribution in [0.4, 0.5) is 5.69 Å². The molecule has 21 heavy (non-hydrogen) atoms. The molecule has 5 heteroatoms. The van der Waals surface area contributed by atoms with E-state index in [-0.39, 0.29) is 5.91 Å². The second-order valence-electron chi connectivity index (χ2n) is 5.62. The average Bonchev–Trinajstić information content (AvgIpc) is 2.96. The fraction of sp³-hybridized carbons (Fsp3) is 0.375. The maximum absolute atomic E-state index is 12.4. The third-order valence-corrected chi connectivity index (χ3v) is 3.86. The standard InChI is InChI=1S/C16H19N3O2/c1-11-5-4-8-19(9-11)16(20)14-10-21-15(18-14)12-6-2-3-7-13(12)17/h2-3,6-7,10-11H,4-5,8-9,17H2,1H3. The quantitative estimate of drug-likeness (QED) is 0.861. The van der Waals surface area contributed by atoms with Gasteiger partial charge in [-0.05, 0) is 30.9 Å². The number of nitrogen functional groups attached to an aromatic ring is 1. The maximum atomic E-state index is 12.4. The lowest BCUT2D eigenvalue weighted by Gasteiger charge is -2.30. The lowest BCUT2D eigenvalue weighted by Crippen LogP contribution is -2.39. The molecule has 1 aromatic carbocycles. The summed E-state index contributed by atoms with van der Waals surface area (Å²) < 4.78 is 5.43. The van der Waals surface area contributed by atoms with Gasteiger partial charge in [0.25, 0.3) is 5.91 Å². The van der Waals surface area contributed by atoms with E-state index in [1.54, 1.807) is 6.07 Å². The summed E-state index contributed by atoms with van der Waals surface area (Å²) in [4.78, 5) is 18.6. The molecule has 0 aliphatic carbocycles. The number of piperidine rings is 1. The molecule has 1 saturated heterocycles. The molecule has 1 unspecified atom stereocenters. The molecule has 0 spiro atoms. The predicted molar refractivity (Wildman–Crippen MR) is 80.7 cm³/mol. The van der Waals surface area contributed by atoms with Crippen molar-refractivity contribution in [2.24, 2.45) is 5.92 Å². The van der Waals surface area contributed by atoms with E-state index >= 15 is 0 Å². The van der Waals surface area contributed by atoms with Gasteiger partial charge in [-0.15, -0.1) is 0 Å². The summed E-state index contributed by atoms with van der Waals surface area (Å²) in [5, 5.41) is 0. The topological polar surface area (TPSA) is 72.4 Å². The molecule has 1 atom stereocenters. The van der Waals surface area contributed by atoms with E-state index in [9.17, 15) is 4.79 Å². The normalized spacial score (nSPS) is 18.7. The van der Waals surface area contributed by atoms with Crippen LogP contribution < -0.4 is 5.73 Å². The van der Waals surface area contributed by atoms with E-state index in [4.69, 9.17) is 10.2 Å². The van der Waals surface area contributed by atoms with Crippen LogP contribution >= 0.6 is 0 Å². The molecule has 1 aliphatic rings. The molecule has 1 fully saturated rings. The highest BCUT2D eigenvalue weighted by molar-refractivity contribution is 5.92. The zero-order chi connectivity index (χ0) is 14.8. The first-order valence-corrected chi connectivity index (χ1v) is 7.25. The van der Waals surface area contributed by atoms with Gasteiger partial charge in [0.1, 0.15) is 6.26 Å². The zero-order valence-electron chi connectivity index (χ0n) is 12.1. The zero-order valence-corrected chi connectivity index (χ0v) is 12.1. The Hall–Kier alpha value is -2.30. The van der Waals surface area contributed by atoms with Crippen LogP contribution in [0, 0.1) is 5.92 Å².